The number of anilines is 1. The predicted octanol–water partition coefficient (Wildman–Crippen LogP) is 5.01. The Hall–Kier alpha value is -3.87. The molecule has 13 heteroatoms. The van der Waals surface area contributed by atoms with Crippen LogP contribution in [0.5, 0.6) is 0 Å². The van der Waals surface area contributed by atoms with E-state index in [2.05, 4.69) is 25.5 Å². The molecule has 0 aliphatic rings. The van der Waals surface area contributed by atoms with Crippen molar-refractivity contribution in [1.82, 2.24) is 30.2 Å². The first-order valence-corrected chi connectivity index (χ1v) is 10.3. The lowest BCUT2D eigenvalue weighted by Gasteiger charge is -2.14. The van der Waals surface area contributed by atoms with Crippen molar-refractivity contribution in [3.63, 3.8) is 0 Å². The topological polar surface area (TPSA) is 109 Å². The van der Waals surface area contributed by atoms with Crippen LogP contribution in [0.25, 0.3) is 32.9 Å². The van der Waals surface area contributed by atoms with Gasteiger partial charge >= 0.3 is 6.43 Å². The van der Waals surface area contributed by atoms with E-state index < -0.39 is 41.4 Å². The zero-order valence-corrected chi connectivity index (χ0v) is 17.5. The Kier molecular flexibility index (Phi) is 5.04. The minimum atomic E-state index is -3.02. The summed E-state index contributed by atoms with van der Waals surface area (Å²) >= 11 is 1.34. The third-order valence-corrected chi connectivity index (χ3v) is 5.88. The van der Waals surface area contributed by atoms with E-state index in [9.17, 15) is 17.6 Å². The molecule has 3 heterocycles. The van der Waals surface area contributed by atoms with Crippen LogP contribution in [0.2, 0.25) is 0 Å². The predicted molar refractivity (Wildman–Crippen MR) is 111 cm³/mol. The fourth-order valence-electron chi connectivity index (χ4n) is 3.33. The molecule has 5 aromatic rings. The summed E-state index contributed by atoms with van der Waals surface area (Å²) in [6.07, 6.45) is -1.41. The number of halogens is 4. The molecule has 0 fully saturated rings. The van der Waals surface area contributed by atoms with E-state index in [-0.39, 0.29) is 5.56 Å². The first-order chi connectivity index (χ1) is 15.8. The van der Waals surface area contributed by atoms with Crippen LogP contribution in [-0.2, 0) is 0 Å². The number of rotatable bonds is 5. The molecule has 8 nitrogen and oxygen atoms in total. The van der Waals surface area contributed by atoms with Gasteiger partial charge in [0.05, 0.1) is 28.0 Å². The van der Waals surface area contributed by atoms with E-state index in [0.717, 1.165) is 15.8 Å². The lowest BCUT2D eigenvalue weighted by molar-refractivity contribution is 0.116. The molecular formula is C20H13F4N7OS. The van der Waals surface area contributed by atoms with Crippen LogP contribution in [0.15, 0.2) is 40.9 Å². The first kappa shape index (κ1) is 21.0. The number of benzene rings is 2. The molecule has 33 heavy (non-hydrogen) atoms. The van der Waals surface area contributed by atoms with Gasteiger partial charge in [-0.3, -0.25) is 0 Å². The second kappa shape index (κ2) is 7.92. The van der Waals surface area contributed by atoms with E-state index >= 15 is 0 Å². The van der Waals surface area contributed by atoms with Crippen molar-refractivity contribution < 1.29 is 22.0 Å². The molecule has 2 aromatic carbocycles. The molecule has 0 amide bonds. The lowest BCUT2D eigenvalue weighted by atomic mass is 10.0. The van der Waals surface area contributed by atoms with Gasteiger partial charge in [0.15, 0.2) is 16.8 Å². The number of fused-ring (bicyclic) bond motifs is 1. The van der Waals surface area contributed by atoms with Crippen molar-refractivity contribution in [2.24, 2.45) is 0 Å². The van der Waals surface area contributed by atoms with Crippen molar-refractivity contribution in [1.29, 1.82) is 0 Å². The molecule has 0 aliphatic carbocycles. The standard InChI is InChI=1S/C20H13F4N7OS/c1-8(10-3-4-11(16(22)15(10)21)18-28-29-19(32-18)17(23)24)31-7-13(27-30-31)9-2-5-12-14(6-9)33-20(25)26-12/h2-8,17H,1H3,(H2,25,26). The highest BCUT2D eigenvalue weighted by Crippen LogP contribution is 2.32. The van der Waals surface area contributed by atoms with Crippen molar-refractivity contribution in [3.8, 4) is 22.7 Å². The third kappa shape index (κ3) is 3.69. The summed E-state index contributed by atoms with van der Waals surface area (Å²) in [6, 6.07) is 7.26. The highest BCUT2D eigenvalue weighted by molar-refractivity contribution is 7.22. The second-order valence-corrected chi connectivity index (χ2v) is 8.13. The largest absolute Gasteiger partial charge is 0.415 e. The summed E-state index contributed by atoms with van der Waals surface area (Å²) in [5.41, 5.74) is 7.35. The maximum Gasteiger partial charge on any atom is 0.314 e. The molecule has 2 N–H and O–H groups in total. The van der Waals surface area contributed by atoms with Gasteiger partial charge in [-0.25, -0.2) is 18.4 Å². The smallest absolute Gasteiger partial charge is 0.314 e. The minimum absolute atomic E-state index is 0.0213. The number of nitrogens with two attached hydrogens (primary N) is 1. The van der Waals surface area contributed by atoms with Gasteiger partial charge in [-0.05, 0) is 25.1 Å². The fourth-order valence-corrected chi connectivity index (χ4v) is 4.10. The maximum absolute atomic E-state index is 14.9. The van der Waals surface area contributed by atoms with Crippen molar-refractivity contribution in [2.45, 2.75) is 19.4 Å². The maximum atomic E-state index is 14.9. The van der Waals surface area contributed by atoms with Crippen molar-refractivity contribution in [2.75, 3.05) is 5.73 Å². The molecule has 0 spiro atoms. The molecule has 5 rings (SSSR count). The van der Waals surface area contributed by atoms with E-state index in [1.165, 1.54) is 28.2 Å². The van der Waals surface area contributed by atoms with Crippen molar-refractivity contribution >= 4 is 26.7 Å². The number of hydrogen-bond acceptors (Lipinski definition) is 8. The van der Waals surface area contributed by atoms with Crippen LogP contribution in [0, 0.1) is 11.6 Å². The Morgan fingerprint density at radius 2 is 1.88 bits per heavy atom. The van der Waals surface area contributed by atoms with Gasteiger partial charge in [0.2, 0.25) is 0 Å². The zero-order chi connectivity index (χ0) is 23.3. The number of aromatic nitrogens is 6. The molecule has 168 valence electrons. The SMILES string of the molecule is CC(c1ccc(-c2nnc(C(F)F)o2)c(F)c1F)n1cc(-c2ccc3nc(N)sc3c2)nn1. The number of nitrogen functional groups attached to an aromatic ring is 1. The number of alkyl halides is 2. The molecule has 0 saturated heterocycles. The molecule has 0 saturated carbocycles. The summed E-state index contributed by atoms with van der Waals surface area (Å²) in [5.74, 6) is -3.99. The van der Waals surface area contributed by atoms with Gasteiger partial charge in [0.25, 0.3) is 11.8 Å². The summed E-state index contributed by atoms with van der Waals surface area (Å²) in [4.78, 5) is 4.20. The van der Waals surface area contributed by atoms with Crippen LogP contribution < -0.4 is 5.73 Å². The number of nitrogens with zero attached hydrogens (tertiary/aromatic N) is 6. The Balaban J connectivity index is 1.45. The van der Waals surface area contributed by atoms with Crippen LogP contribution in [0.4, 0.5) is 22.7 Å². The van der Waals surface area contributed by atoms with E-state index in [1.54, 1.807) is 13.1 Å². The molecule has 1 unspecified atom stereocenters. The summed E-state index contributed by atoms with van der Waals surface area (Å²) in [7, 11) is 0. The average molecular weight is 475 g/mol. The van der Waals surface area contributed by atoms with Crippen molar-refractivity contribution in [3.05, 3.63) is 59.6 Å². The Morgan fingerprint density at radius 3 is 2.64 bits per heavy atom. The second-order valence-electron chi connectivity index (χ2n) is 7.07. The minimum Gasteiger partial charge on any atom is -0.415 e. The fraction of sp³-hybridized carbons (Fsp3) is 0.150. The van der Waals surface area contributed by atoms with E-state index in [1.807, 2.05) is 18.2 Å². The first-order valence-electron chi connectivity index (χ1n) is 9.50. The Bertz CT molecular complexity index is 1480. The molecule has 0 radical (unpaired) electrons. The van der Waals surface area contributed by atoms with Gasteiger partial charge in [-0.1, -0.05) is 28.7 Å². The van der Waals surface area contributed by atoms with Crippen LogP contribution >= 0.6 is 11.3 Å². The molecule has 0 aliphatic heterocycles. The van der Waals surface area contributed by atoms with Gasteiger partial charge in [0.1, 0.15) is 5.69 Å². The van der Waals surface area contributed by atoms with E-state index in [4.69, 9.17) is 10.2 Å². The highest BCUT2D eigenvalue weighted by Gasteiger charge is 2.24. The molecule has 1 atom stereocenters. The Morgan fingerprint density at radius 1 is 1.06 bits per heavy atom. The van der Waals surface area contributed by atoms with Gasteiger partial charge in [-0.15, -0.1) is 15.3 Å². The Labute approximate surface area is 186 Å². The van der Waals surface area contributed by atoms with Crippen LogP contribution in [-0.4, -0.2) is 30.2 Å². The summed E-state index contributed by atoms with van der Waals surface area (Å²) in [5, 5.41) is 15.1. The molecule has 0 bridgehead atoms. The number of hydrogen-bond donors (Lipinski definition) is 1. The van der Waals surface area contributed by atoms with Gasteiger partial charge in [-0.2, -0.15) is 8.78 Å². The monoisotopic (exact) mass is 475 g/mol. The lowest BCUT2D eigenvalue weighted by Crippen LogP contribution is -2.11. The van der Waals surface area contributed by atoms with Gasteiger partial charge < -0.3 is 10.2 Å². The summed E-state index contributed by atoms with van der Waals surface area (Å²) in [6.45, 7) is 1.62. The van der Waals surface area contributed by atoms with Crippen LogP contribution in [0.1, 0.15) is 30.8 Å². The molecular weight excluding hydrogens is 462 g/mol. The zero-order valence-electron chi connectivity index (χ0n) is 16.7. The quantitative estimate of drug-likeness (QED) is 0.356. The normalized spacial score (nSPS) is 12.7. The average Bonchev–Trinajstić information content (AvgIpc) is 3.53. The third-order valence-electron chi connectivity index (χ3n) is 5.03. The van der Waals surface area contributed by atoms with E-state index in [0.29, 0.717) is 10.8 Å². The number of thiazole rings is 1. The van der Waals surface area contributed by atoms with Gasteiger partial charge in [0, 0.05) is 11.1 Å². The summed E-state index contributed by atoms with van der Waals surface area (Å²) < 4.78 is 61.9. The molecule has 3 aromatic heterocycles. The van der Waals surface area contributed by atoms with Crippen LogP contribution in [0.3, 0.4) is 0 Å². The highest BCUT2D eigenvalue weighted by atomic mass is 32.1.